The fourth-order valence-electron chi connectivity index (χ4n) is 1.40. The van der Waals surface area contributed by atoms with Crippen LogP contribution in [0.4, 0.5) is 4.79 Å². The summed E-state index contributed by atoms with van der Waals surface area (Å²) in [5.41, 5.74) is 6.24. The van der Waals surface area contributed by atoms with Gasteiger partial charge in [0.25, 0.3) is 0 Å². The summed E-state index contributed by atoms with van der Waals surface area (Å²) in [7, 11) is 0. The maximum Gasteiger partial charge on any atom is 0.407 e. The van der Waals surface area contributed by atoms with Gasteiger partial charge in [-0.05, 0) is 32.9 Å². The van der Waals surface area contributed by atoms with E-state index in [0.29, 0.717) is 18.0 Å². The van der Waals surface area contributed by atoms with E-state index in [2.05, 4.69) is 10.3 Å². The number of aromatic nitrogens is 1. The van der Waals surface area contributed by atoms with Crippen molar-refractivity contribution in [1.82, 2.24) is 10.3 Å². The molecule has 0 radical (unpaired) electrons. The van der Waals surface area contributed by atoms with Gasteiger partial charge in [-0.1, -0.05) is 11.6 Å². The zero-order valence-electron chi connectivity index (χ0n) is 11.4. The van der Waals surface area contributed by atoms with Gasteiger partial charge in [0.1, 0.15) is 5.60 Å². The minimum Gasteiger partial charge on any atom is -0.444 e. The molecule has 0 aromatic carbocycles. The quantitative estimate of drug-likeness (QED) is 0.888. The summed E-state index contributed by atoms with van der Waals surface area (Å²) in [6, 6.07) is 3.36. The van der Waals surface area contributed by atoms with Crippen molar-refractivity contribution < 1.29 is 9.53 Å². The molecule has 0 aliphatic carbocycles. The minimum absolute atomic E-state index is 0.221. The van der Waals surface area contributed by atoms with E-state index in [1.807, 2.05) is 26.8 Å². The highest BCUT2D eigenvalue weighted by Crippen LogP contribution is 2.08. The summed E-state index contributed by atoms with van der Waals surface area (Å²) >= 11 is 5.75. The average Bonchev–Trinajstić information content (AvgIpc) is 2.27. The summed E-state index contributed by atoms with van der Waals surface area (Å²) < 4.78 is 5.12. The van der Waals surface area contributed by atoms with Crippen LogP contribution in [0.1, 0.15) is 26.5 Å². The average molecular weight is 286 g/mol. The van der Waals surface area contributed by atoms with Crippen molar-refractivity contribution >= 4 is 17.7 Å². The first-order valence-electron chi connectivity index (χ1n) is 6.09. The molecule has 106 valence electrons. The third kappa shape index (κ3) is 6.98. The number of pyridine rings is 1. The van der Waals surface area contributed by atoms with Gasteiger partial charge in [-0.3, -0.25) is 4.98 Å². The number of carbonyl (C=O) groups excluding carboxylic acids is 1. The van der Waals surface area contributed by atoms with E-state index in [-0.39, 0.29) is 6.04 Å². The normalized spacial score (nSPS) is 12.9. The van der Waals surface area contributed by atoms with Gasteiger partial charge in [0, 0.05) is 30.9 Å². The van der Waals surface area contributed by atoms with E-state index in [1.54, 1.807) is 12.3 Å². The minimum atomic E-state index is -0.508. The van der Waals surface area contributed by atoms with Crippen LogP contribution in [0.3, 0.4) is 0 Å². The fourth-order valence-corrected chi connectivity index (χ4v) is 1.51. The van der Waals surface area contributed by atoms with E-state index in [1.165, 1.54) is 0 Å². The highest BCUT2D eigenvalue weighted by Gasteiger charge is 2.16. The first kappa shape index (κ1) is 15.7. The number of halogens is 1. The molecule has 1 aromatic rings. The van der Waals surface area contributed by atoms with Crippen LogP contribution in [0, 0.1) is 0 Å². The van der Waals surface area contributed by atoms with Crippen LogP contribution in [-0.4, -0.2) is 29.3 Å². The summed E-state index contributed by atoms with van der Waals surface area (Å²) in [4.78, 5) is 15.6. The Bertz CT molecular complexity index is 415. The van der Waals surface area contributed by atoms with E-state index < -0.39 is 11.7 Å². The van der Waals surface area contributed by atoms with Crippen molar-refractivity contribution in [1.29, 1.82) is 0 Å². The molecular weight excluding hydrogens is 266 g/mol. The second-order valence-corrected chi connectivity index (χ2v) is 5.75. The number of hydrogen-bond donors (Lipinski definition) is 2. The number of nitrogens with zero attached hydrogens (tertiary/aromatic N) is 1. The van der Waals surface area contributed by atoms with Crippen LogP contribution in [0.5, 0.6) is 0 Å². The molecule has 0 saturated carbocycles. The Morgan fingerprint density at radius 2 is 2.21 bits per heavy atom. The van der Waals surface area contributed by atoms with Crippen molar-refractivity contribution in [3.05, 3.63) is 29.0 Å². The molecule has 6 heteroatoms. The predicted molar refractivity (Wildman–Crippen MR) is 75.2 cm³/mol. The van der Waals surface area contributed by atoms with Gasteiger partial charge in [-0.25, -0.2) is 4.79 Å². The zero-order valence-corrected chi connectivity index (χ0v) is 12.2. The Morgan fingerprint density at radius 1 is 1.53 bits per heavy atom. The summed E-state index contributed by atoms with van der Waals surface area (Å²) in [5, 5.41) is 3.22. The molecule has 1 atom stereocenters. The largest absolute Gasteiger partial charge is 0.444 e. The van der Waals surface area contributed by atoms with Crippen molar-refractivity contribution in [3.63, 3.8) is 0 Å². The molecule has 0 aliphatic heterocycles. The highest BCUT2D eigenvalue weighted by atomic mass is 35.5. The Labute approximate surface area is 118 Å². The molecule has 0 spiro atoms. The Balaban J connectivity index is 2.33. The molecule has 0 saturated heterocycles. The molecule has 5 nitrogen and oxygen atoms in total. The van der Waals surface area contributed by atoms with Crippen LogP contribution in [-0.2, 0) is 11.2 Å². The molecule has 1 rings (SSSR count). The van der Waals surface area contributed by atoms with E-state index in [0.717, 1.165) is 5.69 Å². The van der Waals surface area contributed by atoms with Gasteiger partial charge < -0.3 is 15.8 Å². The van der Waals surface area contributed by atoms with Crippen LogP contribution < -0.4 is 11.1 Å². The molecule has 3 N–H and O–H groups in total. The smallest absolute Gasteiger partial charge is 0.407 e. The van der Waals surface area contributed by atoms with Crippen molar-refractivity contribution in [2.75, 3.05) is 6.54 Å². The molecule has 19 heavy (non-hydrogen) atoms. The first-order chi connectivity index (χ1) is 8.76. The lowest BCUT2D eigenvalue weighted by atomic mass is 10.1. The zero-order chi connectivity index (χ0) is 14.5. The number of alkyl carbamates (subject to hydrolysis) is 1. The van der Waals surface area contributed by atoms with Gasteiger partial charge in [-0.15, -0.1) is 0 Å². The van der Waals surface area contributed by atoms with Crippen molar-refractivity contribution in [3.8, 4) is 0 Å². The van der Waals surface area contributed by atoms with Gasteiger partial charge in [-0.2, -0.15) is 0 Å². The molecule has 0 bridgehead atoms. The molecule has 1 unspecified atom stereocenters. The van der Waals surface area contributed by atoms with Crippen molar-refractivity contribution in [2.24, 2.45) is 5.73 Å². The summed E-state index contributed by atoms with van der Waals surface area (Å²) in [6.45, 7) is 5.76. The predicted octanol–water partition coefficient (Wildman–Crippen LogP) is 2.13. The number of amides is 1. The lowest BCUT2D eigenvalue weighted by Gasteiger charge is -2.20. The molecule has 1 amide bonds. The number of rotatable bonds is 4. The monoisotopic (exact) mass is 285 g/mol. The molecule has 1 aromatic heterocycles. The third-order valence-electron chi connectivity index (χ3n) is 2.17. The second-order valence-electron chi connectivity index (χ2n) is 5.31. The first-order valence-corrected chi connectivity index (χ1v) is 6.47. The summed E-state index contributed by atoms with van der Waals surface area (Å²) in [5.74, 6) is 0. The van der Waals surface area contributed by atoms with E-state index in [4.69, 9.17) is 22.1 Å². The van der Waals surface area contributed by atoms with Gasteiger partial charge in [0.2, 0.25) is 0 Å². The van der Waals surface area contributed by atoms with E-state index in [9.17, 15) is 4.79 Å². The number of ether oxygens (including phenoxy) is 1. The second kappa shape index (κ2) is 6.73. The molecule has 0 fully saturated rings. The third-order valence-corrected chi connectivity index (χ3v) is 2.39. The van der Waals surface area contributed by atoms with E-state index >= 15 is 0 Å². The maximum absolute atomic E-state index is 11.4. The number of hydrogen-bond acceptors (Lipinski definition) is 4. The van der Waals surface area contributed by atoms with Crippen molar-refractivity contribution in [2.45, 2.75) is 38.8 Å². The lowest BCUT2D eigenvalue weighted by molar-refractivity contribution is 0.0524. The van der Waals surface area contributed by atoms with Gasteiger partial charge >= 0.3 is 6.09 Å². The Hall–Kier alpha value is -1.33. The Morgan fingerprint density at radius 3 is 2.74 bits per heavy atom. The van der Waals surface area contributed by atoms with Crippen LogP contribution in [0.25, 0.3) is 0 Å². The molecule has 0 aliphatic rings. The number of nitrogens with two attached hydrogens (primary N) is 1. The Kier molecular flexibility index (Phi) is 5.57. The van der Waals surface area contributed by atoms with Crippen LogP contribution >= 0.6 is 11.6 Å². The topological polar surface area (TPSA) is 77.2 Å². The van der Waals surface area contributed by atoms with Crippen LogP contribution in [0.15, 0.2) is 18.3 Å². The van der Waals surface area contributed by atoms with Gasteiger partial charge in [0.05, 0.1) is 5.02 Å². The molecular formula is C13H20ClN3O2. The van der Waals surface area contributed by atoms with Crippen LogP contribution in [0.2, 0.25) is 5.02 Å². The standard InChI is InChI=1S/C13H20ClN3O2/c1-13(2,3)19-12(18)17-8-10(15)6-11-5-4-9(14)7-16-11/h4-5,7,10H,6,8,15H2,1-3H3,(H,17,18). The lowest BCUT2D eigenvalue weighted by Crippen LogP contribution is -2.41. The fraction of sp³-hybridized carbons (Fsp3) is 0.538. The number of nitrogens with one attached hydrogen (secondary N) is 1. The SMILES string of the molecule is CC(C)(C)OC(=O)NCC(N)Cc1ccc(Cl)cn1. The van der Waals surface area contributed by atoms with Gasteiger partial charge in [0.15, 0.2) is 0 Å². The maximum atomic E-state index is 11.4. The summed E-state index contributed by atoms with van der Waals surface area (Å²) in [6.07, 6.45) is 1.67. The molecule has 1 heterocycles. The highest BCUT2D eigenvalue weighted by molar-refractivity contribution is 6.30. The number of carbonyl (C=O) groups is 1.